The molecule has 5 nitrogen and oxygen atoms in total. The minimum atomic E-state index is 0.538. The normalized spacial score (nSPS) is 21.6. The van der Waals surface area contributed by atoms with Crippen LogP contribution in [0.4, 0.5) is 11.6 Å². The highest BCUT2D eigenvalue weighted by Crippen LogP contribution is 2.38. The van der Waals surface area contributed by atoms with Gasteiger partial charge in [0.05, 0.1) is 0 Å². The Labute approximate surface area is 121 Å². The predicted molar refractivity (Wildman–Crippen MR) is 81.8 cm³/mol. The molecule has 1 aromatic heterocycles. The maximum atomic E-state index is 5.87. The zero-order chi connectivity index (χ0) is 13.9. The molecule has 1 aliphatic carbocycles. The van der Waals surface area contributed by atoms with Gasteiger partial charge >= 0.3 is 0 Å². The van der Waals surface area contributed by atoms with Crippen molar-refractivity contribution in [2.45, 2.75) is 51.0 Å². The van der Waals surface area contributed by atoms with Crippen LogP contribution in [0.5, 0.6) is 0 Å². The molecule has 0 amide bonds. The SMILES string of the molecule is CC(CNc1cc(N)nc(C2CC2)n1)N1CCCCC1. The fraction of sp³-hybridized carbons (Fsp3) is 0.733. The maximum absolute atomic E-state index is 5.87. The second kappa shape index (κ2) is 5.95. The minimum Gasteiger partial charge on any atom is -0.384 e. The fourth-order valence-corrected chi connectivity index (χ4v) is 2.84. The molecule has 3 N–H and O–H groups in total. The lowest BCUT2D eigenvalue weighted by molar-refractivity contribution is 0.180. The summed E-state index contributed by atoms with van der Waals surface area (Å²) in [5, 5.41) is 3.43. The van der Waals surface area contributed by atoms with Crippen LogP contribution in [0.1, 0.15) is 50.8 Å². The van der Waals surface area contributed by atoms with Gasteiger partial charge in [-0.15, -0.1) is 0 Å². The molecule has 1 aliphatic heterocycles. The quantitative estimate of drug-likeness (QED) is 0.862. The standard InChI is InChI=1S/C15H25N5/c1-11(20-7-3-2-4-8-20)10-17-14-9-13(16)18-15(19-14)12-5-6-12/h9,11-12H,2-8,10H2,1H3,(H3,16,17,18,19). The van der Waals surface area contributed by atoms with Gasteiger partial charge in [0.25, 0.3) is 0 Å². The summed E-state index contributed by atoms with van der Waals surface area (Å²) in [5.41, 5.74) is 5.87. The summed E-state index contributed by atoms with van der Waals surface area (Å²) in [6.45, 7) is 5.65. The first-order valence-corrected chi connectivity index (χ1v) is 7.85. The molecule has 20 heavy (non-hydrogen) atoms. The Balaban J connectivity index is 1.57. The molecule has 2 fully saturated rings. The smallest absolute Gasteiger partial charge is 0.136 e. The highest BCUT2D eigenvalue weighted by Gasteiger charge is 2.27. The number of hydrogen-bond acceptors (Lipinski definition) is 5. The van der Waals surface area contributed by atoms with Gasteiger partial charge < -0.3 is 11.1 Å². The van der Waals surface area contributed by atoms with Crippen LogP contribution in [-0.2, 0) is 0 Å². The van der Waals surface area contributed by atoms with Crippen molar-refractivity contribution < 1.29 is 0 Å². The third-order valence-electron chi connectivity index (χ3n) is 4.30. The first kappa shape index (κ1) is 13.6. The van der Waals surface area contributed by atoms with Crippen molar-refractivity contribution in [2.75, 3.05) is 30.7 Å². The van der Waals surface area contributed by atoms with Crippen molar-refractivity contribution in [1.29, 1.82) is 0 Å². The fourth-order valence-electron chi connectivity index (χ4n) is 2.84. The van der Waals surface area contributed by atoms with Crippen LogP contribution in [0.25, 0.3) is 0 Å². The second-order valence-electron chi connectivity index (χ2n) is 6.14. The van der Waals surface area contributed by atoms with Gasteiger partial charge in [0, 0.05) is 24.6 Å². The Morgan fingerprint density at radius 2 is 2.05 bits per heavy atom. The van der Waals surface area contributed by atoms with Gasteiger partial charge in [-0.1, -0.05) is 6.42 Å². The topological polar surface area (TPSA) is 67.1 Å². The van der Waals surface area contributed by atoms with E-state index in [1.165, 1.54) is 45.2 Å². The summed E-state index contributed by atoms with van der Waals surface area (Å²) in [4.78, 5) is 11.5. The number of nitrogen functional groups attached to an aromatic ring is 1. The van der Waals surface area contributed by atoms with E-state index in [0.29, 0.717) is 17.8 Å². The summed E-state index contributed by atoms with van der Waals surface area (Å²) in [7, 11) is 0. The number of likely N-dealkylation sites (tertiary alicyclic amines) is 1. The number of piperidine rings is 1. The molecular weight excluding hydrogens is 250 g/mol. The summed E-state index contributed by atoms with van der Waals surface area (Å²) in [6, 6.07) is 2.38. The third kappa shape index (κ3) is 3.39. The molecule has 2 aliphatic rings. The Morgan fingerprint density at radius 1 is 1.30 bits per heavy atom. The van der Waals surface area contributed by atoms with Crippen molar-refractivity contribution in [3.8, 4) is 0 Å². The molecule has 5 heteroatoms. The van der Waals surface area contributed by atoms with Gasteiger partial charge in [-0.2, -0.15) is 0 Å². The van der Waals surface area contributed by atoms with Crippen molar-refractivity contribution in [3.05, 3.63) is 11.9 Å². The molecule has 0 radical (unpaired) electrons. The zero-order valence-corrected chi connectivity index (χ0v) is 12.3. The van der Waals surface area contributed by atoms with Crippen molar-refractivity contribution in [3.63, 3.8) is 0 Å². The molecule has 1 saturated carbocycles. The Kier molecular flexibility index (Phi) is 4.05. The van der Waals surface area contributed by atoms with Gasteiger partial charge in [0.2, 0.25) is 0 Å². The van der Waals surface area contributed by atoms with Crippen LogP contribution in [0.15, 0.2) is 6.07 Å². The van der Waals surface area contributed by atoms with E-state index in [-0.39, 0.29) is 0 Å². The number of aromatic nitrogens is 2. The molecule has 1 saturated heterocycles. The number of nitrogens with one attached hydrogen (secondary N) is 1. The van der Waals surface area contributed by atoms with Crippen LogP contribution >= 0.6 is 0 Å². The molecule has 0 aromatic carbocycles. The third-order valence-corrected chi connectivity index (χ3v) is 4.30. The molecule has 110 valence electrons. The van der Waals surface area contributed by atoms with Crippen LogP contribution in [0.2, 0.25) is 0 Å². The average Bonchev–Trinajstić information content (AvgIpc) is 3.30. The molecule has 3 rings (SSSR count). The zero-order valence-electron chi connectivity index (χ0n) is 12.3. The average molecular weight is 275 g/mol. The van der Waals surface area contributed by atoms with Crippen molar-refractivity contribution >= 4 is 11.6 Å². The lowest BCUT2D eigenvalue weighted by Gasteiger charge is -2.32. The number of anilines is 2. The Morgan fingerprint density at radius 3 is 2.75 bits per heavy atom. The van der Waals surface area contributed by atoms with Crippen LogP contribution < -0.4 is 11.1 Å². The molecule has 2 heterocycles. The summed E-state index contributed by atoms with van der Waals surface area (Å²) < 4.78 is 0. The van der Waals surface area contributed by atoms with E-state index in [9.17, 15) is 0 Å². The minimum absolute atomic E-state index is 0.538. The van der Waals surface area contributed by atoms with E-state index in [0.717, 1.165) is 18.2 Å². The molecule has 1 atom stereocenters. The highest BCUT2D eigenvalue weighted by atomic mass is 15.2. The van der Waals surface area contributed by atoms with E-state index in [1.54, 1.807) is 0 Å². The summed E-state index contributed by atoms with van der Waals surface area (Å²) in [6.07, 6.45) is 6.44. The van der Waals surface area contributed by atoms with E-state index in [2.05, 4.69) is 27.1 Å². The Hall–Kier alpha value is -1.36. The largest absolute Gasteiger partial charge is 0.384 e. The van der Waals surface area contributed by atoms with E-state index in [4.69, 9.17) is 5.73 Å². The molecule has 1 aromatic rings. The van der Waals surface area contributed by atoms with Gasteiger partial charge in [-0.05, 0) is 45.7 Å². The van der Waals surface area contributed by atoms with Crippen molar-refractivity contribution in [1.82, 2.24) is 14.9 Å². The lowest BCUT2D eigenvalue weighted by Crippen LogP contribution is -2.41. The first-order valence-electron chi connectivity index (χ1n) is 7.85. The van der Waals surface area contributed by atoms with E-state index in [1.807, 2.05) is 6.07 Å². The van der Waals surface area contributed by atoms with Gasteiger partial charge in [0.1, 0.15) is 17.5 Å². The van der Waals surface area contributed by atoms with Crippen LogP contribution in [0, 0.1) is 0 Å². The monoisotopic (exact) mass is 275 g/mol. The van der Waals surface area contributed by atoms with Gasteiger partial charge in [-0.3, -0.25) is 4.90 Å². The maximum Gasteiger partial charge on any atom is 0.136 e. The number of nitrogens with two attached hydrogens (primary N) is 1. The van der Waals surface area contributed by atoms with E-state index >= 15 is 0 Å². The van der Waals surface area contributed by atoms with Gasteiger partial charge in [0.15, 0.2) is 0 Å². The van der Waals surface area contributed by atoms with E-state index < -0.39 is 0 Å². The second-order valence-corrected chi connectivity index (χ2v) is 6.14. The molecule has 1 unspecified atom stereocenters. The van der Waals surface area contributed by atoms with Crippen LogP contribution in [0.3, 0.4) is 0 Å². The first-order chi connectivity index (χ1) is 9.72. The molecular formula is C15H25N5. The summed E-state index contributed by atoms with van der Waals surface area (Å²) in [5.74, 6) is 2.91. The van der Waals surface area contributed by atoms with Crippen molar-refractivity contribution in [2.24, 2.45) is 0 Å². The number of rotatable bonds is 5. The molecule has 0 bridgehead atoms. The van der Waals surface area contributed by atoms with Crippen LogP contribution in [-0.4, -0.2) is 40.5 Å². The predicted octanol–water partition coefficient (Wildman–Crippen LogP) is 2.22. The van der Waals surface area contributed by atoms with Gasteiger partial charge in [-0.25, -0.2) is 9.97 Å². The highest BCUT2D eigenvalue weighted by molar-refractivity contribution is 5.45. The number of hydrogen-bond donors (Lipinski definition) is 2. The molecule has 0 spiro atoms. The Bertz CT molecular complexity index is 452. The summed E-state index contributed by atoms with van der Waals surface area (Å²) >= 11 is 0. The number of nitrogens with zero attached hydrogens (tertiary/aromatic N) is 3. The lowest BCUT2D eigenvalue weighted by atomic mass is 10.1.